The van der Waals surface area contributed by atoms with E-state index in [1.165, 1.54) is 0 Å². The van der Waals surface area contributed by atoms with Crippen molar-refractivity contribution >= 4 is 5.91 Å². The normalized spacial score (nSPS) is 16.6. The number of rotatable bonds is 4. The molecule has 1 aromatic carbocycles. The van der Waals surface area contributed by atoms with Crippen LogP contribution >= 0.6 is 0 Å². The smallest absolute Gasteiger partial charge is 0.227 e. The molecule has 1 amide bonds. The summed E-state index contributed by atoms with van der Waals surface area (Å²) in [5.74, 6) is 1.05. The molecule has 0 atom stereocenters. The number of hydrogen-bond acceptors (Lipinski definition) is 3. The SMILES string of the molecule is COc1ccc(CC(=O)N2CCN(CC(C)(C)C)CC2)cc1. The van der Waals surface area contributed by atoms with E-state index in [1.807, 2.05) is 29.2 Å². The van der Waals surface area contributed by atoms with Crippen LogP contribution in [-0.2, 0) is 11.2 Å². The molecule has 122 valence electrons. The Morgan fingerprint density at radius 3 is 2.18 bits per heavy atom. The summed E-state index contributed by atoms with van der Waals surface area (Å²) in [6.07, 6.45) is 0.475. The van der Waals surface area contributed by atoms with E-state index in [-0.39, 0.29) is 5.91 Å². The van der Waals surface area contributed by atoms with Gasteiger partial charge >= 0.3 is 0 Å². The molecule has 1 aliphatic heterocycles. The van der Waals surface area contributed by atoms with Crippen LogP contribution < -0.4 is 4.74 Å². The molecule has 1 saturated heterocycles. The summed E-state index contributed by atoms with van der Waals surface area (Å²) in [7, 11) is 1.65. The van der Waals surface area contributed by atoms with Crippen molar-refractivity contribution in [2.75, 3.05) is 39.8 Å². The average Bonchev–Trinajstić information content (AvgIpc) is 2.47. The van der Waals surface area contributed by atoms with Crippen LogP contribution in [0, 0.1) is 5.41 Å². The Bertz CT molecular complexity index is 483. The highest BCUT2D eigenvalue weighted by Crippen LogP contribution is 2.17. The zero-order valence-electron chi connectivity index (χ0n) is 14.3. The number of nitrogens with zero attached hydrogens (tertiary/aromatic N) is 2. The van der Waals surface area contributed by atoms with Gasteiger partial charge in [0.05, 0.1) is 13.5 Å². The van der Waals surface area contributed by atoms with Crippen LogP contribution in [0.5, 0.6) is 5.75 Å². The summed E-state index contributed by atoms with van der Waals surface area (Å²) < 4.78 is 5.14. The summed E-state index contributed by atoms with van der Waals surface area (Å²) in [6.45, 7) is 11.5. The molecule has 0 unspecified atom stereocenters. The first-order valence-electron chi connectivity index (χ1n) is 8.00. The van der Waals surface area contributed by atoms with E-state index in [4.69, 9.17) is 4.74 Å². The summed E-state index contributed by atoms with van der Waals surface area (Å²) in [4.78, 5) is 16.8. The number of benzene rings is 1. The molecule has 0 radical (unpaired) electrons. The van der Waals surface area contributed by atoms with E-state index < -0.39 is 0 Å². The predicted molar refractivity (Wildman–Crippen MR) is 89.2 cm³/mol. The highest BCUT2D eigenvalue weighted by Gasteiger charge is 2.24. The van der Waals surface area contributed by atoms with Gasteiger partial charge in [-0.05, 0) is 23.1 Å². The minimum absolute atomic E-state index is 0.223. The van der Waals surface area contributed by atoms with Gasteiger partial charge in [0.2, 0.25) is 5.91 Å². The molecule has 0 aromatic heterocycles. The third-order valence-corrected chi connectivity index (χ3v) is 3.94. The van der Waals surface area contributed by atoms with Crippen LogP contribution in [0.1, 0.15) is 26.3 Å². The van der Waals surface area contributed by atoms with Crippen LogP contribution in [0.4, 0.5) is 0 Å². The van der Waals surface area contributed by atoms with E-state index in [1.54, 1.807) is 7.11 Å². The van der Waals surface area contributed by atoms with Crippen molar-refractivity contribution in [3.05, 3.63) is 29.8 Å². The molecule has 1 fully saturated rings. The molecule has 1 heterocycles. The fraction of sp³-hybridized carbons (Fsp3) is 0.611. The second-order valence-corrected chi connectivity index (χ2v) is 7.24. The lowest BCUT2D eigenvalue weighted by Crippen LogP contribution is -2.50. The zero-order chi connectivity index (χ0) is 16.2. The molecule has 1 aliphatic rings. The Morgan fingerprint density at radius 2 is 1.68 bits per heavy atom. The second kappa shape index (κ2) is 7.14. The molecule has 0 spiro atoms. The Labute approximate surface area is 134 Å². The fourth-order valence-electron chi connectivity index (χ4n) is 2.86. The van der Waals surface area contributed by atoms with Gasteiger partial charge in [0.15, 0.2) is 0 Å². The van der Waals surface area contributed by atoms with E-state index in [0.29, 0.717) is 11.8 Å². The van der Waals surface area contributed by atoms with Crippen molar-refractivity contribution in [3.8, 4) is 5.75 Å². The van der Waals surface area contributed by atoms with Gasteiger partial charge in [-0.2, -0.15) is 0 Å². The first-order chi connectivity index (χ1) is 10.4. The lowest BCUT2D eigenvalue weighted by atomic mass is 9.96. The van der Waals surface area contributed by atoms with Gasteiger partial charge in [-0.3, -0.25) is 9.69 Å². The third kappa shape index (κ3) is 5.02. The minimum Gasteiger partial charge on any atom is -0.497 e. The van der Waals surface area contributed by atoms with Crippen LogP contribution in [0.2, 0.25) is 0 Å². The summed E-state index contributed by atoms with van der Waals surface area (Å²) in [5, 5.41) is 0. The highest BCUT2D eigenvalue weighted by molar-refractivity contribution is 5.78. The number of carbonyl (C=O) groups is 1. The molecule has 0 bridgehead atoms. The molecule has 4 nitrogen and oxygen atoms in total. The Morgan fingerprint density at radius 1 is 1.09 bits per heavy atom. The first-order valence-corrected chi connectivity index (χ1v) is 8.00. The monoisotopic (exact) mass is 304 g/mol. The lowest BCUT2D eigenvalue weighted by molar-refractivity contribution is -0.132. The van der Waals surface area contributed by atoms with Crippen molar-refractivity contribution in [3.63, 3.8) is 0 Å². The summed E-state index contributed by atoms with van der Waals surface area (Å²) in [5.41, 5.74) is 1.36. The molecule has 0 aliphatic carbocycles. The summed E-state index contributed by atoms with van der Waals surface area (Å²) >= 11 is 0. The lowest BCUT2D eigenvalue weighted by Gasteiger charge is -2.37. The molecule has 0 saturated carbocycles. The highest BCUT2D eigenvalue weighted by atomic mass is 16.5. The Kier molecular flexibility index (Phi) is 5.46. The molecule has 0 N–H and O–H groups in total. The maximum atomic E-state index is 12.4. The quantitative estimate of drug-likeness (QED) is 0.856. The molecular weight excluding hydrogens is 276 g/mol. The number of amides is 1. The predicted octanol–water partition coefficient (Wildman–Crippen LogP) is 2.43. The number of hydrogen-bond donors (Lipinski definition) is 0. The Hall–Kier alpha value is -1.55. The van der Waals surface area contributed by atoms with Gasteiger partial charge in [0.1, 0.15) is 5.75 Å². The number of methoxy groups -OCH3 is 1. The number of carbonyl (C=O) groups excluding carboxylic acids is 1. The zero-order valence-corrected chi connectivity index (χ0v) is 14.3. The van der Waals surface area contributed by atoms with E-state index in [2.05, 4.69) is 25.7 Å². The third-order valence-electron chi connectivity index (χ3n) is 3.94. The second-order valence-electron chi connectivity index (χ2n) is 7.24. The molecule has 1 aromatic rings. The van der Waals surface area contributed by atoms with Gasteiger partial charge < -0.3 is 9.64 Å². The topological polar surface area (TPSA) is 32.8 Å². The van der Waals surface area contributed by atoms with Crippen molar-refractivity contribution in [1.29, 1.82) is 0 Å². The molecule has 4 heteroatoms. The largest absolute Gasteiger partial charge is 0.497 e. The van der Waals surface area contributed by atoms with Crippen molar-refractivity contribution < 1.29 is 9.53 Å². The fourth-order valence-corrected chi connectivity index (χ4v) is 2.86. The van der Waals surface area contributed by atoms with E-state index in [9.17, 15) is 4.79 Å². The van der Waals surface area contributed by atoms with Crippen molar-refractivity contribution in [2.45, 2.75) is 27.2 Å². The van der Waals surface area contributed by atoms with Gasteiger partial charge in [-0.1, -0.05) is 32.9 Å². The maximum absolute atomic E-state index is 12.4. The van der Waals surface area contributed by atoms with Crippen LogP contribution in [0.3, 0.4) is 0 Å². The van der Waals surface area contributed by atoms with Crippen LogP contribution in [-0.4, -0.2) is 55.5 Å². The van der Waals surface area contributed by atoms with Crippen molar-refractivity contribution in [2.24, 2.45) is 5.41 Å². The van der Waals surface area contributed by atoms with Crippen molar-refractivity contribution in [1.82, 2.24) is 9.80 Å². The van der Waals surface area contributed by atoms with Gasteiger partial charge in [-0.15, -0.1) is 0 Å². The van der Waals surface area contributed by atoms with Crippen LogP contribution in [0.15, 0.2) is 24.3 Å². The average molecular weight is 304 g/mol. The maximum Gasteiger partial charge on any atom is 0.227 e. The molecule has 22 heavy (non-hydrogen) atoms. The van der Waals surface area contributed by atoms with E-state index >= 15 is 0 Å². The summed E-state index contributed by atoms with van der Waals surface area (Å²) in [6, 6.07) is 7.74. The first kappa shape index (κ1) is 16.8. The number of ether oxygens (including phenoxy) is 1. The van der Waals surface area contributed by atoms with Gasteiger partial charge in [0.25, 0.3) is 0 Å². The van der Waals surface area contributed by atoms with Gasteiger partial charge in [-0.25, -0.2) is 0 Å². The minimum atomic E-state index is 0.223. The standard InChI is InChI=1S/C18H28N2O2/c1-18(2,3)14-19-9-11-20(12-10-19)17(21)13-15-5-7-16(22-4)8-6-15/h5-8H,9-14H2,1-4H3. The number of piperazine rings is 1. The van der Waals surface area contributed by atoms with E-state index in [0.717, 1.165) is 44.0 Å². The molecule has 2 rings (SSSR count). The Balaban J connectivity index is 1.81. The van der Waals surface area contributed by atoms with Gasteiger partial charge in [0, 0.05) is 32.7 Å². The molecular formula is C18H28N2O2. The van der Waals surface area contributed by atoms with Crippen LogP contribution in [0.25, 0.3) is 0 Å².